The standard InChI is InChI=1S/C18H22F2N6O/c1-17-6-13-12(5-14(17)18(17,19)20)15(25-24-13)16(27)23-10-7-22-26(9-10)11-3-2-4-21-8-11/h7,9,11,14,21H,2-6,8H2,1H3,(H,23,27)(H,24,25)/t11?,14-,17+/m0/s1. The van der Waals surface area contributed by atoms with E-state index in [-0.39, 0.29) is 30.5 Å². The fourth-order valence-corrected chi connectivity index (χ4v) is 4.65. The van der Waals surface area contributed by atoms with Crippen molar-refractivity contribution in [2.45, 2.75) is 44.6 Å². The van der Waals surface area contributed by atoms with E-state index in [1.807, 2.05) is 4.68 Å². The Labute approximate surface area is 154 Å². The molecule has 27 heavy (non-hydrogen) atoms. The first-order chi connectivity index (χ1) is 12.9. The molecule has 7 nitrogen and oxygen atoms in total. The second kappa shape index (κ2) is 5.60. The van der Waals surface area contributed by atoms with Gasteiger partial charge in [0.15, 0.2) is 5.69 Å². The number of alkyl halides is 2. The monoisotopic (exact) mass is 376 g/mol. The lowest BCUT2D eigenvalue weighted by atomic mass is 9.87. The van der Waals surface area contributed by atoms with Crippen LogP contribution in [0, 0.1) is 11.3 Å². The molecule has 9 heteroatoms. The number of piperidine rings is 1. The number of halogens is 2. The number of amides is 1. The molecule has 3 N–H and O–H groups in total. The number of carbonyl (C=O) groups excluding carboxylic acids is 1. The van der Waals surface area contributed by atoms with Crippen LogP contribution in [0.3, 0.4) is 0 Å². The minimum absolute atomic E-state index is 0.186. The fraction of sp³-hybridized carbons (Fsp3) is 0.611. The zero-order chi connectivity index (χ0) is 18.8. The van der Waals surface area contributed by atoms with E-state index in [0.29, 0.717) is 16.9 Å². The molecule has 1 aliphatic heterocycles. The molecule has 5 rings (SSSR count). The molecular formula is C18H22F2N6O. The van der Waals surface area contributed by atoms with E-state index in [4.69, 9.17) is 0 Å². The summed E-state index contributed by atoms with van der Waals surface area (Å²) in [5.74, 6) is -3.76. The van der Waals surface area contributed by atoms with Crippen molar-refractivity contribution < 1.29 is 13.6 Å². The number of aromatic nitrogens is 4. The summed E-state index contributed by atoms with van der Waals surface area (Å²) in [4.78, 5) is 12.7. The normalized spacial score (nSPS) is 31.1. The Bertz CT molecular complexity index is 900. The van der Waals surface area contributed by atoms with Crippen LogP contribution in [-0.2, 0) is 12.8 Å². The van der Waals surface area contributed by atoms with Gasteiger partial charge in [-0.15, -0.1) is 0 Å². The molecule has 0 spiro atoms. The number of hydrogen-bond donors (Lipinski definition) is 3. The first kappa shape index (κ1) is 16.9. The third-order valence-electron chi connectivity index (χ3n) is 6.51. The van der Waals surface area contributed by atoms with E-state index >= 15 is 0 Å². The van der Waals surface area contributed by atoms with Crippen LogP contribution in [-0.4, -0.2) is 44.9 Å². The van der Waals surface area contributed by atoms with Gasteiger partial charge in [-0.1, -0.05) is 6.92 Å². The van der Waals surface area contributed by atoms with Gasteiger partial charge in [0.25, 0.3) is 11.8 Å². The van der Waals surface area contributed by atoms with Gasteiger partial charge in [-0.2, -0.15) is 10.2 Å². The van der Waals surface area contributed by atoms with Gasteiger partial charge in [0.1, 0.15) is 0 Å². The molecule has 1 saturated carbocycles. The number of rotatable bonds is 3. The molecule has 3 aliphatic rings. The van der Waals surface area contributed by atoms with Crippen LogP contribution in [0.15, 0.2) is 12.4 Å². The van der Waals surface area contributed by atoms with Crippen LogP contribution in [0.4, 0.5) is 14.5 Å². The summed E-state index contributed by atoms with van der Waals surface area (Å²) in [6, 6.07) is 0.275. The summed E-state index contributed by atoms with van der Waals surface area (Å²) in [6.07, 6.45) is 5.97. The lowest BCUT2D eigenvalue weighted by molar-refractivity contribution is 0.0631. The molecule has 2 aliphatic carbocycles. The van der Waals surface area contributed by atoms with Crippen LogP contribution in [0.25, 0.3) is 0 Å². The Morgan fingerprint density at radius 3 is 3.07 bits per heavy atom. The van der Waals surface area contributed by atoms with Gasteiger partial charge in [-0.25, -0.2) is 8.78 Å². The molecule has 0 radical (unpaired) electrons. The number of fused-ring (bicyclic) bond motifs is 2. The van der Waals surface area contributed by atoms with Crippen LogP contribution in [0.1, 0.15) is 47.6 Å². The maximum absolute atomic E-state index is 14.0. The molecule has 144 valence electrons. The molecule has 3 heterocycles. The van der Waals surface area contributed by atoms with Crippen LogP contribution in [0.2, 0.25) is 0 Å². The number of nitrogens with zero attached hydrogens (tertiary/aromatic N) is 3. The average molecular weight is 376 g/mol. The van der Waals surface area contributed by atoms with Crippen molar-refractivity contribution in [1.82, 2.24) is 25.3 Å². The van der Waals surface area contributed by atoms with Crippen LogP contribution < -0.4 is 10.6 Å². The number of H-pyrrole nitrogens is 1. The van der Waals surface area contributed by atoms with Gasteiger partial charge in [0.2, 0.25) is 0 Å². The lowest BCUT2D eigenvalue weighted by Gasteiger charge is -2.22. The summed E-state index contributed by atoms with van der Waals surface area (Å²) >= 11 is 0. The molecule has 1 unspecified atom stereocenters. The Balaban J connectivity index is 1.32. The second-order valence-corrected chi connectivity index (χ2v) is 8.17. The van der Waals surface area contributed by atoms with Gasteiger partial charge in [0.05, 0.1) is 17.9 Å². The maximum Gasteiger partial charge on any atom is 0.276 e. The number of carbonyl (C=O) groups is 1. The third-order valence-corrected chi connectivity index (χ3v) is 6.51. The molecule has 0 aromatic carbocycles. The largest absolute Gasteiger partial charge is 0.318 e. The van der Waals surface area contributed by atoms with Crippen molar-refractivity contribution in [3.05, 3.63) is 29.3 Å². The van der Waals surface area contributed by atoms with E-state index in [1.165, 1.54) is 0 Å². The SMILES string of the molecule is C[C@@]12Cc3[nH]nc(C(=O)Nc4cnn(C5CCCNC5)c4)c3C[C@@H]1C2(F)F. The number of anilines is 1. The zero-order valence-electron chi connectivity index (χ0n) is 15.1. The van der Waals surface area contributed by atoms with Gasteiger partial charge in [0, 0.05) is 41.8 Å². The van der Waals surface area contributed by atoms with Gasteiger partial charge < -0.3 is 10.6 Å². The Hall–Kier alpha value is -2.29. The first-order valence-corrected chi connectivity index (χ1v) is 9.40. The highest BCUT2D eigenvalue weighted by Crippen LogP contribution is 2.70. The predicted octanol–water partition coefficient (Wildman–Crippen LogP) is 2.15. The first-order valence-electron chi connectivity index (χ1n) is 9.40. The molecule has 1 amide bonds. The Morgan fingerprint density at radius 2 is 2.30 bits per heavy atom. The van der Waals surface area contributed by atoms with Crippen molar-refractivity contribution in [2.24, 2.45) is 11.3 Å². The number of nitrogens with one attached hydrogen (secondary N) is 3. The van der Waals surface area contributed by atoms with Gasteiger partial charge in [-0.05, 0) is 25.8 Å². The van der Waals surface area contributed by atoms with Crippen molar-refractivity contribution in [3.63, 3.8) is 0 Å². The highest BCUT2D eigenvalue weighted by molar-refractivity contribution is 6.04. The smallest absolute Gasteiger partial charge is 0.276 e. The Kier molecular flexibility index (Phi) is 3.50. The molecule has 2 aromatic heterocycles. The molecular weight excluding hydrogens is 354 g/mol. The highest BCUT2D eigenvalue weighted by atomic mass is 19.3. The molecule has 2 aromatic rings. The molecule has 1 saturated heterocycles. The van der Waals surface area contributed by atoms with E-state index in [1.54, 1.807) is 19.3 Å². The van der Waals surface area contributed by atoms with E-state index < -0.39 is 17.3 Å². The van der Waals surface area contributed by atoms with Crippen LogP contribution >= 0.6 is 0 Å². The van der Waals surface area contributed by atoms with Crippen molar-refractivity contribution >= 4 is 11.6 Å². The van der Waals surface area contributed by atoms with E-state index in [0.717, 1.165) is 25.9 Å². The average Bonchev–Trinajstić information content (AvgIpc) is 3.09. The molecule has 2 fully saturated rings. The lowest BCUT2D eigenvalue weighted by Crippen LogP contribution is -2.31. The minimum Gasteiger partial charge on any atom is -0.318 e. The minimum atomic E-state index is -2.67. The highest BCUT2D eigenvalue weighted by Gasteiger charge is 2.78. The quantitative estimate of drug-likeness (QED) is 0.766. The predicted molar refractivity (Wildman–Crippen MR) is 93.9 cm³/mol. The Morgan fingerprint density at radius 1 is 1.44 bits per heavy atom. The topological polar surface area (TPSA) is 87.6 Å². The van der Waals surface area contributed by atoms with Crippen LogP contribution in [0.5, 0.6) is 0 Å². The number of aromatic amines is 1. The second-order valence-electron chi connectivity index (χ2n) is 8.17. The van der Waals surface area contributed by atoms with E-state index in [2.05, 4.69) is 25.9 Å². The summed E-state index contributed by atoms with van der Waals surface area (Å²) in [5.41, 5.74) is 1.06. The van der Waals surface area contributed by atoms with Crippen molar-refractivity contribution in [1.29, 1.82) is 0 Å². The maximum atomic E-state index is 14.0. The fourth-order valence-electron chi connectivity index (χ4n) is 4.65. The third kappa shape index (κ3) is 2.44. The zero-order valence-corrected chi connectivity index (χ0v) is 15.1. The summed E-state index contributed by atoms with van der Waals surface area (Å²) < 4.78 is 29.9. The summed E-state index contributed by atoms with van der Waals surface area (Å²) in [6.45, 7) is 3.48. The molecule has 0 bridgehead atoms. The van der Waals surface area contributed by atoms with Crippen molar-refractivity contribution in [3.8, 4) is 0 Å². The van der Waals surface area contributed by atoms with E-state index in [9.17, 15) is 13.6 Å². The van der Waals surface area contributed by atoms with Gasteiger partial charge >= 0.3 is 0 Å². The van der Waals surface area contributed by atoms with Crippen molar-refractivity contribution in [2.75, 3.05) is 18.4 Å². The summed E-state index contributed by atoms with van der Waals surface area (Å²) in [7, 11) is 0. The molecule has 3 atom stereocenters. The van der Waals surface area contributed by atoms with Gasteiger partial charge in [-0.3, -0.25) is 14.6 Å². The number of hydrogen-bond acceptors (Lipinski definition) is 4. The summed E-state index contributed by atoms with van der Waals surface area (Å²) in [5, 5.41) is 17.4.